The first kappa shape index (κ1) is 12.6. The molecule has 0 radical (unpaired) electrons. The maximum absolute atomic E-state index is 8.68. The molecule has 0 aliphatic rings. The van der Waals surface area contributed by atoms with Crippen LogP contribution >= 0.6 is 0 Å². The fourth-order valence-electron chi connectivity index (χ4n) is 1.33. The summed E-state index contributed by atoms with van der Waals surface area (Å²) in [5, 5.41) is 8.68. The number of ether oxygens (including phenoxy) is 2. The molecule has 0 aromatic heterocycles. The lowest BCUT2D eigenvalue weighted by Gasteiger charge is -2.13. The second kappa shape index (κ2) is 6.18. The average Bonchev–Trinajstić information content (AvgIpc) is 2.27. The summed E-state index contributed by atoms with van der Waals surface area (Å²) in [6.07, 6.45) is 3.63. The van der Waals surface area contributed by atoms with Gasteiger partial charge in [-0.2, -0.15) is 0 Å². The number of rotatable bonds is 5. The SMILES string of the molecule is COc1cc(C=CCO)ccc1OC(C)C. The van der Waals surface area contributed by atoms with Crippen LogP contribution in [0.1, 0.15) is 19.4 Å². The number of aliphatic hydroxyl groups excluding tert-OH is 1. The summed E-state index contributed by atoms with van der Waals surface area (Å²) >= 11 is 0. The second-order valence-corrected chi connectivity index (χ2v) is 3.66. The molecule has 0 unspecified atom stereocenters. The van der Waals surface area contributed by atoms with Crippen molar-refractivity contribution in [2.24, 2.45) is 0 Å². The lowest BCUT2D eigenvalue weighted by Crippen LogP contribution is -2.06. The van der Waals surface area contributed by atoms with Gasteiger partial charge in [-0.25, -0.2) is 0 Å². The molecular weight excluding hydrogens is 204 g/mol. The van der Waals surface area contributed by atoms with Crippen LogP contribution in [0.5, 0.6) is 11.5 Å². The van der Waals surface area contributed by atoms with Gasteiger partial charge in [-0.1, -0.05) is 18.2 Å². The summed E-state index contributed by atoms with van der Waals surface area (Å²) < 4.78 is 10.8. The highest BCUT2D eigenvalue weighted by molar-refractivity contribution is 5.55. The van der Waals surface area contributed by atoms with Crippen molar-refractivity contribution in [2.75, 3.05) is 13.7 Å². The fourth-order valence-corrected chi connectivity index (χ4v) is 1.33. The van der Waals surface area contributed by atoms with Gasteiger partial charge in [0.2, 0.25) is 0 Å². The molecule has 1 aromatic rings. The van der Waals surface area contributed by atoms with Gasteiger partial charge in [0.25, 0.3) is 0 Å². The van der Waals surface area contributed by atoms with Crippen molar-refractivity contribution in [2.45, 2.75) is 20.0 Å². The number of benzene rings is 1. The van der Waals surface area contributed by atoms with Crippen molar-refractivity contribution in [1.29, 1.82) is 0 Å². The van der Waals surface area contributed by atoms with Crippen molar-refractivity contribution in [1.82, 2.24) is 0 Å². The minimum atomic E-state index is 0.0343. The molecule has 1 rings (SSSR count). The van der Waals surface area contributed by atoms with E-state index in [2.05, 4.69) is 0 Å². The molecule has 88 valence electrons. The Morgan fingerprint density at radius 1 is 1.31 bits per heavy atom. The monoisotopic (exact) mass is 222 g/mol. The minimum Gasteiger partial charge on any atom is -0.493 e. The molecular formula is C13H18O3. The first-order chi connectivity index (χ1) is 7.67. The predicted octanol–water partition coefficient (Wildman–Crippen LogP) is 2.49. The molecule has 1 N–H and O–H groups in total. The van der Waals surface area contributed by atoms with Gasteiger partial charge in [-0.05, 0) is 31.5 Å². The van der Waals surface area contributed by atoms with Crippen LogP contribution < -0.4 is 9.47 Å². The molecule has 3 nitrogen and oxygen atoms in total. The summed E-state index contributed by atoms with van der Waals surface area (Å²) in [4.78, 5) is 0. The van der Waals surface area contributed by atoms with Crippen molar-refractivity contribution < 1.29 is 14.6 Å². The topological polar surface area (TPSA) is 38.7 Å². The predicted molar refractivity (Wildman–Crippen MR) is 64.9 cm³/mol. The van der Waals surface area contributed by atoms with E-state index in [1.807, 2.05) is 38.1 Å². The van der Waals surface area contributed by atoms with Gasteiger partial charge >= 0.3 is 0 Å². The Hall–Kier alpha value is -1.48. The van der Waals surface area contributed by atoms with Crippen LogP contribution in [-0.4, -0.2) is 24.9 Å². The zero-order valence-corrected chi connectivity index (χ0v) is 9.93. The van der Waals surface area contributed by atoms with E-state index in [0.717, 1.165) is 11.3 Å². The van der Waals surface area contributed by atoms with Crippen molar-refractivity contribution in [3.05, 3.63) is 29.8 Å². The Bertz CT molecular complexity index is 356. The van der Waals surface area contributed by atoms with Gasteiger partial charge in [0.1, 0.15) is 0 Å². The van der Waals surface area contributed by atoms with E-state index >= 15 is 0 Å². The van der Waals surface area contributed by atoms with Crippen LogP contribution in [0.15, 0.2) is 24.3 Å². The maximum Gasteiger partial charge on any atom is 0.161 e. The Kier molecular flexibility index (Phi) is 4.86. The maximum atomic E-state index is 8.68. The molecule has 0 amide bonds. The third kappa shape index (κ3) is 3.59. The van der Waals surface area contributed by atoms with Gasteiger partial charge in [0, 0.05) is 0 Å². The standard InChI is InChI=1S/C13H18O3/c1-10(2)16-12-7-6-11(5-4-8-14)9-13(12)15-3/h4-7,9-10,14H,8H2,1-3H3. The van der Waals surface area contributed by atoms with Crippen LogP contribution in [-0.2, 0) is 0 Å². The lowest BCUT2D eigenvalue weighted by molar-refractivity contribution is 0.230. The molecule has 0 spiro atoms. The van der Waals surface area contributed by atoms with Crippen molar-refractivity contribution >= 4 is 6.08 Å². The second-order valence-electron chi connectivity index (χ2n) is 3.66. The van der Waals surface area contributed by atoms with Crippen molar-refractivity contribution in [3.8, 4) is 11.5 Å². The molecule has 0 heterocycles. The first-order valence-electron chi connectivity index (χ1n) is 5.29. The third-order valence-electron chi connectivity index (χ3n) is 1.97. The van der Waals surface area contributed by atoms with E-state index in [1.54, 1.807) is 13.2 Å². The van der Waals surface area contributed by atoms with E-state index < -0.39 is 0 Å². The smallest absolute Gasteiger partial charge is 0.161 e. The van der Waals surface area contributed by atoms with Crippen LogP contribution in [0.3, 0.4) is 0 Å². The molecule has 1 aromatic carbocycles. The van der Waals surface area contributed by atoms with Gasteiger partial charge < -0.3 is 14.6 Å². The highest BCUT2D eigenvalue weighted by atomic mass is 16.5. The highest BCUT2D eigenvalue weighted by Gasteiger charge is 2.06. The fraction of sp³-hybridized carbons (Fsp3) is 0.385. The lowest BCUT2D eigenvalue weighted by atomic mass is 10.2. The molecule has 0 saturated heterocycles. The third-order valence-corrected chi connectivity index (χ3v) is 1.97. The molecule has 0 saturated carbocycles. The van der Waals surface area contributed by atoms with Gasteiger partial charge in [0.05, 0.1) is 19.8 Å². The molecule has 0 atom stereocenters. The highest BCUT2D eigenvalue weighted by Crippen LogP contribution is 2.29. The quantitative estimate of drug-likeness (QED) is 0.831. The Morgan fingerprint density at radius 2 is 2.06 bits per heavy atom. The normalized spacial score (nSPS) is 11.1. The first-order valence-corrected chi connectivity index (χ1v) is 5.29. The molecule has 0 aliphatic carbocycles. The van der Waals surface area contributed by atoms with Crippen LogP contribution in [0.25, 0.3) is 6.08 Å². The zero-order valence-electron chi connectivity index (χ0n) is 9.93. The number of methoxy groups -OCH3 is 1. The summed E-state index contributed by atoms with van der Waals surface area (Å²) in [5.74, 6) is 1.44. The van der Waals surface area contributed by atoms with E-state index in [0.29, 0.717) is 5.75 Å². The molecule has 0 fully saturated rings. The largest absolute Gasteiger partial charge is 0.493 e. The Balaban J connectivity index is 2.92. The number of aliphatic hydroxyl groups is 1. The molecule has 0 bridgehead atoms. The van der Waals surface area contributed by atoms with E-state index in [1.165, 1.54) is 0 Å². The van der Waals surface area contributed by atoms with E-state index in [9.17, 15) is 0 Å². The summed E-state index contributed by atoms with van der Waals surface area (Å²) in [6, 6.07) is 5.67. The molecule has 0 aliphatic heterocycles. The zero-order chi connectivity index (χ0) is 12.0. The van der Waals surface area contributed by atoms with Gasteiger partial charge in [0.15, 0.2) is 11.5 Å². The average molecular weight is 222 g/mol. The summed E-state index contributed by atoms with van der Waals surface area (Å²) in [6.45, 7) is 3.98. The number of hydrogen-bond donors (Lipinski definition) is 1. The molecule has 3 heteroatoms. The van der Waals surface area contributed by atoms with E-state index in [-0.39, 0.29) is 12.7 Å². The Morgan fingerprint density at radius 3 is 2.62 bits per heavy atom. The van der Waals surface area contributed by atoms with E-state index in [4.69, 9.17) is 14.6 Å². The van der Waals surface area contributed by atoms with Gasteiger partial charge in [-0.15, -0.1) is 0 Å². The van der Waals surface area contributed by atoms with Crippen LogP contribution in [0.2, 0.25) is 0 Å². The summed E-state index contributed by atoms with van der Waals surface area (Å²) in [5.41, 5.74) is 0.974. The Labute approximate surface area is 96.3 Å². The summed E-state index contributed by atoms with van der Waals surface area (Å²) in [7, 11) is 1.61. The van der Waals surface area contributed by atoms with Crippen LogP contribution in [0.4, 0.5) is 0 Å². The van der Waals surface area contributed by atoms with Crippen LogP contribution in [0, 0.1) is 0 Å². The van der Waals surface area contributed by atoms with Crippen molar-refractivity contribution in [3.63, 3.8) is 0 Å². The molecule has 16 heavy (non-hydrogen) atoms. The minimum absolute atomic E-state index is 0.0343. The van der Waals surface area contributed by atoms with Gasteiger partial charge in [-0.3, -0.25) is 0 Å². The number of hydrogen-bond acceptors (Lipinski definition) is 3.